The highest BCUT2D eigenvalue weighted by Gasteiger charge is 2.23. The summed E-state index contributed by atoms with van der Waals surface area (Å²) in [7, 11) is 0. The Morgan fingerprint density at radius 3 is 2.72 bits per heavy atom. The Kier molecular flexibility index (Phi) is 5.39. The first-order chi connectivity index (χ1) is 15.4. The molecule has 164 valence electrons. The summed E-state index contributed by atoms with van der Waals surface area (Å²) in [6.45, 7) is 3.56. The molecule has 1 N–H and O–H groups in total. The molecule has 32 heavy (non-hydrogen) atoms. The fourth-order valence-corrected chi connectivity index (χ4v) is 4.90. The smallest absolute Gasteiger partial charge is 0.344 e. The van der Waals surface area contributed by atoms with E-state index in [0.717, 1.165) is 29.2 Å². The molecule has 1 aliphatic heterocycles. The summed E-state index contributed by atoms with van der Waals surface area (Å²) in [5.74, 6) is 0.0741. The summed E-state index contributed by atoms with van der Waals surface area (Å²) in [6, 6.07) is 12.0. The Labute approximate surface area is 192 Å². The highest BCUT2D eigenvalue weighted by molar-refractivity contribution is 9.10. The molecule has 3 heterocycles. The van der Waals surface area contributed by atoms with Crippen molar-refractivity contribution in [3.8, 4) is 16.9 Å². The molecule has 1 fully saturated rings. The third-order valence-electron chi connectivity index (χ3n) is 6.28. The number of phenolic OH excluding ortho intramolecular Hbond substituents is 1. The molecule has 0 aliphatic carbocycles. The Bertz CT molecular complexity index is 1450. The number of nitrogens with zero attached hydrogens (tertiary/aromatic N) is 1. The molecule has 1 aliphatic rings. The molecule has 1 unspecified atom stereocenters. The van der Waals surface area contributed by atoms with Crippen molar-refractivity contribution < 1.29 is 13.9 Å². The summed E-state index contributed by atoms with van der Waals surface area (Å²) >= 11 is 3.44. The predicted molar refractivity (Wildman–Crippen MR) is 127 cm³/mol. The highest BCUT2D eigenvalue weighted by Crippen LogP contribution is 2.35. The van der Waals surface area contributed by atoms with Gasteiger partial charge >= 0.3 is 11.3 Å². The minimum atomic E-state index is -0.584. The predicted octanol–water partition coefficient (Wildman–Crippen LogP) is 5.41. The number of fused-ring (bicyclic) bond motifs is 2. The van der Waals surface area contributed by atoms with Gasteiger partial charge in [0.05, 0.1) is 11.1 Å². The average molecular weight is 496 g/mol. The number of hydrogen-bond donors (Lipinski definition) is 1. The summed E-state index contributed by atoms with van der Waals surface area (Å²) in [6.07, 6.45) is 3.37. The van der Waals surface area contributed by atoms with Gasteiger partial charge < -0.3 is 13.9 Å². The topological polar surface area (TPSA) is 83.9 Å². The van der Waals surface area contributed by atoms with E-state index < -0.39 is 11.3 Å². The maximum atomic E-state index is 12.8. The second kappa shape index (κ2) is 8.22. The van der Waals surface area contributed by atoms with E-state index in [9.17, 15) is 14.7 Å². The van der Waals surface area contributed by atoms with Crippen LogP contribution in [-0.2, 0) is 6.54 Å². The van der Waals surface area contributed by atoms with Gasteiger partial charge in [-0.1, -0.05) is 22.4 Å². The van der Waals surface area contributed by atoms with Gasteiger partial charge in [0.1, 0.15) is 16.9 Å². The molecular formula is C25H22BrNO5. The molecule has 0 amide bonds. The summed E-state index contributed by atoms with van der Waals surface area (Å²) in [5, 5.41) is 11.9. The van der Waals surface area contributed by atoms with Crippen LogP contribution in [-0.4, -0.2) is 22.6 Å². The third-order valence-corrected chi connectivity index (χ3v) is 6.77. The number of hydrogen-bond acceptors (Lipinski definition) is 6. The molecule has 1 saturated heterocycles. The molecule has 6 nitrogen and oxygen atoms in total. The number of likely N-dealkylation sites (tertiary alicyclic amines) is 1. The Balaban J connectivity index is 1.72. The minimum absolute atomic E-state index is 0.0741. The number of benzene rings is 2. The fraction of sp³-hybridized carbons (Fsp3) is 0.280. The maximum absolute atomic E-state index is 12.8. The standard InChI is InChI=1S/C25H22BrNO5/c1-14-4-2-3-9-27(14)13-20-21(28)7-6-17-18(12-23(29)32-24(17)20)19-11-15-10-16(26)5-8-22(15)31-25(19)30/h5-8,10-12,14,28H,2-4,9,13H2,1H3. The van der Waals surface area contributed by atoms with Gasteiger partial charge in [0, 0.05) is 39.5 Å². The lowest BCUT2D eigenvalue weighted by Crippen LogP contribution is -2.36. The normalized spacial score (nSPS) is 17.2. The van der Waals surface area contributed by atoms with Crippen molar-refractivity contribution in [1.82, 2.24) is 4.90 Å². The zero-order valence-electron chi connectivity index (χ0n) is 17.6. The molecule has 0 bridgehead atoms. The first-order valence-electron chi connectivity index (χ1n) is 10.7. The van der Waals surface area contributed by atoms with E-state index in [1.807, 2.05) is 6.07 Å². The molecule has 5 rings (SSSR count). The molecule has 0 radical (unpaired) electrons. The van der Waals surface area contributed by atoms with Crippen molar-refractivity contribution >= 4 is 37.9 Å². The highest BCUT2D eigenvalue weighted by atomic mass is 79.9. The number of rotatable bonds is 3. The maximum Gasteiger partial charge on any atom is 0.344 e. The largest absolute Gasteiger partial charge is 0.507 e. The SMILES string of the molecule is CC1CCCCN1Cc1c(O)ccc2c(-c3cc4cc(Br)ccc4oc3=O)cc(=O)oc12. The lowest BCUT2D eigenvalue weighted by molar-refractivity contribution is 0.151. The van der Waals surface area contributed by atoms with Crippen molar-refractivity contribution in [2.45, 2.75) is 38.8 Å². The van der Waals surface area contributed by atoms with Crippen LogP contribution in [0, 0.1) is 0 Å². The molecule has 7 heteroatoms. The van der Waals surface area contributed by atoms with Gasteiger partial charge in [-0.2, -0.15) is 0 Å². The van der Waals surface area contributed by atoms with Gasteiger partial charge in [-0.25, -0.2) is 9.59 Å². The number of phenols is 1. The molecule has 2 aromatic carbocycles. The molecule has 0 saturated carbocycles. The Morgan fingerprint density at radius 1 is 1.06 bits per heavy atom. The van der Waals surface area contributed by atoms with E-state index in [2.05, 4.69) is 27.8 Å². The molecular weight excluding hydrogens is 474 g/mol. The second-order valence-corrected chi connectivity index (χ2v) is 9.28. The van der Waals surface area contributed by atoms with E-state index in [-0.39, 0.29) is 11.3 Å². The van der Waals surface area contributed by atoms with E-state index in [4.69, 9.17) is 8.83 Å². The van der Waals surface area contributed by atoms with Gasteiger partial charge in [0.15, 0.2) is 0 Å². The Hall–Kier alpha value is -2.90. The van der Waals surface area contributed by atoms with Crippen molar-refractivity contribution in [3.63, 3.8) is 0 Å². The fourth-order valence-electron chi connectivity index (χ4n) is 4.53. The van der Waals surface area contributed by atoms with Gasteiger partial charge in [-0.3, -0.25) is 4.90 Å². The van der Waals surface area contributed by atoms with E-state index in [1.165, 1.54) is 12.5 Å². The van der Waals surface area contributed by atoms with Crippen molar-refractivity contribution in [2.24, 2.45) is 0 Å². The number of piperidine rings is 1. The van der Waals surface area contributed by atoms with Gasteiger partial charge in [-0.05, 0) is 62.7 Å². The van der Waals surface area contributed by atoms with E-state index in [0.29, 0.717) is 40.3 Å². The Morgan fingerprint density at radius 2 is 1.91 bits per heavy atom. The first-order valence-corrected chi connectivity index (χ1v) is 11.5. The number of aromatic hydroxyl groups is 1. The van der Waals surface area contributed by atoms with Gasteiger partial charge in [0.25, 0.3) is 0 Å². The van der Waals surface area contributed by atoms with Crippen molar-refractivity contribution in [2.75, 3.05) is 6.54 Å². The van der Waals surface area contributed by atoms with Crippen LogP contribution in [0.5, 0.6) is 5.75 Å². The van der Waals surface area contributed by atoms with Gasteiger partial charge in [-0.15, -0.1) is 0 Å². The quantitative estimate of drug-likeness (QED) is 0.382. The zero-order valence-corrected chi connectivity index (χ0v) is 19.1. The average Bonchev–Trinajstić information content (AvgIpc) is 2.76. The van der Waals surface area contributed by atoms with Crippen LogP contribution < -0.4 is 11.3 Å². The molecule has 1 atom stereocenters. The van der Waals surface area contributed by atoms with Crippen LogP contribution in [0.2, 0.25) is 0 Å². The summed E-state index contributed by atoms with van der Waals surface area (Å²) in [4.78, 5) is 27.6. The van der Waals surface area contributed by atoms with Crippen LogP contribution in [0.4, 0.5) is 0 Å². The van der Waals surface area contributed by atoms with Crippen LogP contribution in [0.15, 0.2) is 65.4 Å². The summed E-state index contributed by atoms with van der Waals surface area (Å²) < 4.78 is 11.9. The molecule has 2 aromatic heterocycles. The van der Waals surface area contributed by atoms with Crippen LogP contribution in [0.3, 0.4) is 0 Å². The van der Waals surface area contributed by atoms with E-state index in [1.54, 1.807) is 30.3 Å². The summed E-state index contributed by atoms with van der Waals surface area (Å²) in [5.41, 5.74) is 0.913. The van der Waals surface area contributed by atoms with E-state index >= 15 is 0 Å². The minimum Gasteiger partial charge on any atom is -0.507 e. The molecule has 4 aromatic rings. The van der Waals surface area contributed by atoms with Crippen LogP contribution >= 0.6 is 15.9 Å². The third kappa shape index (κ3) is 3.76. The zero-order chi connectivity index (χ0) is 22.4. The first kappa shape index (κ1) is 21.0. The lowest BCUT2D eigenvalue weighted by Gasteiger charge is -2.33. The molecule has 0 spiro atoms. The lowest BCUT2D eigenvalue weighted by atomic mass is 9.98. The second-order valence-electron chi connectivity index (χ2n) is 8.36. The van der Waals surface area contributed by atoms with Gasteiger partial charge in [0.2, 0.25) is 0 Å². The number of halogens is 1. The monoisotopic (exact) mass is 495 g/mol. The van der Waals surface area contributed by atoms with Crippen molar-refractivity contribution in [1.29, 1.82) is 0 Å². The van der Waals surface area contributed by atoms with Crippen molar-refractivity contribution in [3.05, 3.63) is 73.3 Å². The van der Waals surface area contributed by atoms with Crippen LogP contribution in [0.25, 0.3) is 33.1 Å². The van der Waals surface area contributed by atoms with Crippen LogP contribution in [0.1, 0.15) is 31.7 Å².